The highest BCUT2D eigenvalue weighted by atomic mass is 32.1. The zero-order valence-corrected chi connectivity index (χ0v) is 8.23. The van der Waals surface area contributed by atoms with E-state index in [1.807, 2.05) is 0 Å². The molecule has 76 valence electrons. The molecule has 1 aromatic heterocycles. The Labute approximate surface area is 88.8 Å². The Bertz CT molecular complexity index is 496. The van der Waals surface area contributed by atoms with Gasteiger partial charge in [-0.15, -0.1) is 5.10 Å². The van der Waals surface area contributed by atoms with E-state index in [-0.39, 0.29) is 11.3 Å². The van der Waals surface area contributed by atoms with Crippen LogP contribution in [-0.4, -0.2) is 25.8 Å². The van der Waals surface area contributed by atoms with Crippen molar-refractivity contribution in [3.8, 4) is 17.0 Å². The standard InChI is InChI=1S/C9H6N2O3S/c12-7-3-1-2-5(8(7)9(13)14)6-4-15-11-10-6/h1-4,12H,(H,13,14). The van der Waals surface area contributed by atoms with Crippen LogP contribution in [0.1, 0.15) is 10.4 Å². The van der Waals surface area contributed by atoms with Crippen LogP contribution in [0.15, 0.2) is 23.6 Å². The van der Waals surface area contributed by atoms with E-state index in [0.717, 1.165) is 11.5 Å². The fourth-order valence-corrected chi connectivity index (χ4v) is 1.72. The summed E-state index contributed by atoms with van der Waals surface area (Å²) in [6, 6.07) is 4.48. The average molecular weight is 222 g/mol. The number of phenols is 1. The molecule has 0 radical (unpaired) electrons. The van der Waals surface area contributed by atoms with Gasteiger partial charge in [0.05, 0.1) is 0 Å². The van der Waals surface area contributed by atoms with Gasteiger partial charge in [0.25, 0.3) is 0 Å². The lowest BCUT2D eigenvalue weighted by atomic mass is 10.0. The van der Waals surface area contributed by atoms with Crippen LogP contribution in [0.3, 0.4) is 0 Å². The van der Waals surface area contributed by atoms with Gasteiger partial charge < -0.3 is 10.2 Å². The van der Waals surface area contributed by atoms with Crippen molar-refractivity contribution in [2.24, 2.45) is 0 Å². The fourth-order valence-electron chi connectivity index (χ4n) is 1.26. The number of benzene rings is 1. The summed E-state index contributed by atoms with van der Waals surface area (Å²) >= 11 is 1.13. The Balaban J connectivity index is 2.66. The van der Waals surface area contributed by atoms with Crippen LogP contribution >= 0.6 is 11.5 Å². The minimum atomic E-state index is -1.18. The number of carboxylic acids is 1. The first-order valence-electron chi connectivity index (χ1n) is 4.03. The van der Waals surface area contributed by atoms with Gasteiger partial charge in [0, 0.05) is 10.9 Å². The van der Waals surface area contributed by atoms with Gasteiger partial charge in [-0.2, -0.15) is 0 Å². The molecule has 0 aliphatic heterocycles. The van der Waals surface area contributed by atoms with Crippen molar-refractivity contribution in [2.75, 3.05) is 0 Å². The third-order valence-electron chi connectivity index (χ3n) is 1.89. The number of aromatic nitrogens is 2. The zero-order chi connectivity index (χ0) is 10.8. The lowest BCUT2D eigenvalue weighted by molar-refractivity contribution is 0.0694. The topological polar surface area (TPSA) is 83.3 Å². The summed E-state index contributed by atoms with van der Waals surface area (Å²) < 4.78 is 3.65. The lowest BCUT2D eigenvalue weighted by Gasteiger charge is -2.04. The van der Waals surface area contributed by atoms with Crippen molar-refractivity contribution in [3.05, 3.63) is 29.1 Å². The molecule has 1 heterocycles. The monoisotopic (exact) mass is 222 g/mol. The van der Waals surface area contributed by atoms with Gasteiger partial charge in [-0.1, -0.05) is 16.6 Å². The quantitative estimate of drug-likeness (QED) is 0.806. The molecule has 2 N–H and O–H groups in total. The fraction of sp³-hybridized carbons (Fsp3) is 0. The Morgan fingerprint density at radius 3 is 2.80 bits per heavy atom. The number of rotatable bonds is 2. The minimum absolute atomic E-state index is 0.148. The number of aromatic carboxylic acids is 1. The van der Waals surface area contributed by atoms with Gasteiger partial charge >= 0.3 is 5.97 Å². The molecule has 6 heteroatoms. The molecule has 0 aliphatic carbocycles. The number of carbonyl (C=O) groups is 1. The largest absolute Gasteiger partial charge is 0.507 e. The van der Waals surface area contributed by atoms with Crippen LogP contribution < -0.4 is 0 Å². The van der Waals surface area contributed by atoms with Crippen molar-refractivity contribution in [1.82, 2.24) is 9.59 Å². The highest BCUT2D eigenvalue weighted by molar-refractivity contribution is 7.03. The molecule has 15 heavy (non-hydrogen) atoms. The predicted octanol–water partition coefficient (Wildman–Crippen LogP) is 1.61. The molecule has 1 aromatic carbocycles. The summed E-state index contributed by atoms with van der Waals surface area (Å²) in [7, 11) is 0. The van der Waals surface area contributed by atoms with Crippen LogP contribution in [0.2, 0.25) is 0 Å². The van der Waals surface area contributed by atoms with Crippen LogP contribution in [0.5, 0.6) is 5.75 Å². The number of nitrogens with zero attached hydrogens (tertiary/aromatic N) is 2. The Kier molecular flexibility index (Phi) is 2.34. The van der Waals surface area contributed by atoms with Gasteiger partial charge in [0.15, 0.2) is 0 Å². The number of carboxylic acid groups (broad SMARTS) is 1. The molecular weight excluding hydrogens is 216 g/mol. The van der Waals surface area contributed by atoms with E-state index in [1.54, 1.807) is 17.5 Å². The van der Waals surface area contributed by atoms with Crippen LogP contribution in [0.4, 0.5) is 0 Å². The Hall–Kier alpha value is -1.95. The third-order valence-corrected chi connectivity index (χ3v) is 2.40. The van der Waals surface area contributed by atoms with Gasteiger partial charge in [-0.25, -0.2) is 4.79 Å². The molecule has 0 saturated carbocycles. The van der Waals surface area contributed by atoms with Gasteiger partial charge in [0.2, 0.25) is 0 Å². The molecule has 0 spiro atoms. The van der Waals surface area contributed by atoms with Crippen molar-refractivity contribution in [2.45, 2.75) is 0 Å². The molecule has 2 aromatic rings. The van der Waals surface area contributed by atoms with E-state index in [9.17, 15) is 9.90 Å². The van der Waals surface area contributed by atoms with E-state index >= 15 is 0 Å². The number of hydrogen-bond donors (Lipinski definition) is 2. The SMILES string of the molecule is O=C(O)c1c(O)cccc1-c1csnn1. The van der Waals surface area contributed by atoms with Crippen molar-refractivity contribution < 1.29 is 15.0 Å². The summed E-state index contributed by atoms with van der Waals surface area (Å²) in [4.78, 5) is 10.9. The molecule has 0 amide bonds. The maximum absolute atomic E-state index is 10.9. The lowest BCUT2D eigenvalue weighted by Crippen LogP contribution is -2.00. The summed E-state index contributed by atoms with van der Waals surface area (Å²) in [5, 5.41) is 23.8. The normalized spacial score (nSPS) is 10.1. The van der Waals surface area contributed by atoms with E-state index in [4.69, 9.17) is 5.11 Å². The molecule has 0 unspecified atom stereocenters. The van der Waals surface area contributed by atoms with E-state index in [0.29, 0.717) is 11.3 Å². The van der Waals surface area contributed by atoms with Crippen molar-refractivity contribution in [1.29, 1.82) is 0 Å². The first-order chi connectivity index (χ1) is 7.20. The summed E-state index contributed by atoms with van der Waals surface area (Å²) in [5.74, 6) is -1.45. The molecule has 2 rings (SSSR count). The van der Waals surface area contributed by atoms with Crippen LogP contribution in [0.25, 0.3) is 11.3 Å². The van der Waals surface area contributed by atoms with Crippen LogP contribution in [-0.2, 0) is 0 Å². The molecule has 0 atom stereocenters. The van der Waals surface area contributed by atoms with E-state index < -0.39 is 5.97 Å². The highest BCUT2D eigenvalue weighted by Crippen LogP contribution is 2.28. The molecule has 0 saturated heterocycles. The Morgan fingerprint density at radius 1 is 1.40 bits per heavy atom. The van der Waals surface area contributed by atoms with Crippen molar-refractivity contribution >= 4 is 17.5 Å². The second kappa shape index (κ2) is 3.66. The molecule has 0 bridgehead atoms. The molecular formula is C9H6N2O3S. The minimum Gasteiger partial charge on any atom is -0.507 e. The third kappa shape index (κ3) is 1.66. The highest BCUT2D eigenvalue weighted by Gasteiger charge is 2.17. The second-order valence-electron chi connectivity index (χ2n) is 2.80. The first kappa shape index (κ1) is 9.60. The molecule has 5 nitrogen and oxygen atoms in total. The maximum atomic E-state index is 10.9. The van der Waals surface area contributed by atoms with Gasteiger partial charge in [-0.3, -0.25) is 0 Å². The summed E-state index contributed by atoms with van der Waals surface area (Å²) in [6.45, 7) is 0. The van der Waals surface area contributed by atoms with E-state index in [1.165, 1.54) is 6.07 Å². The van der Waals surface area contributed by atoms with Crippen LogP contribution in [0, 0.1) is 0 Å². The first-order valence-corrected chi connectivity index (χ1v) is 4.86. The number of aromatic hydroxyl groups is 1. The summed E-state index contributed by atoms with van der Waals surface area (Å²) in [6.07, 6.45) is 0. The summed E-state index contributed by atoms with van der Waals surface area (Å²) in [5.41, 5.74) is 0.676. The van der Waals surface area contributed by atoms with Gasteiger partial charge in [-0.05, 0) is 17.6 Å². The smallest absolute Gasteiger partial charge is 0.340 e. The zero-order valence-electron chi connectivity index (χ0n) is 7.41. The van der Waals surface area contributed by atoms with Crippen molar-refractivity contribution in [3.63, 3.8) is 0 Å². The second-order valence-corrected chi connectivity index (χ2v) is 3.40. The van der Waals surface area contributed by atoms with E-state index in [2.05, 4.69) is 9.59 Å². The van der Waals surface area contributed by atoms with Gasteiger partial charge in [0.1, 0.15) is 17.0 Å². The molecule has 0 fully saturated rings. The maximum Gasteiger partial charge on any atom is 0.340 e. The average Bonchev–Trinajstić information content (AvgIpc) is 2.69. The predicted molar refractivity (Wildman–Crippen MR) is 54.0 cm³/mol. The molecule has 0 aliphatic rings. The Morgan fingerprint density at radius 2 is 2.20 bits per heavy atom. The number of hydrogen-bond acceptors (Lipinski definition) is 5.